The topological polar surface area (TPSA) is 26.3 Å². The van der Waals surface area contributed by atoms with E-state index in [1.165, 1.54) is 11.1 Å². The van der Waals surface area contributed by atoms with E-state index in [9.17, 15) is 4.79 Å². The first kappa shape index (κ1) is 14.6. The Bertz CT molecular complexity index is 713. The van der Waals surface area contributed by atoms with Crippen molar-refractivity contribution in [1.29, 1.82) is 0 Å². The zero-order valence-electron chi connectivity index (χ0n) is 12.8. The highest BCUT2D eigenvalue weighted by Gasteiger charge is 2.18. The number of methoxy groups -OCH3 is 1. The van der Waals surface area contributed by atoms with Gasteiger partial charge in [-0.05, 0) is 54.2 Å². The molecule has 3 rings (SSSR count). The highest BCUT2D eigenvalue weighted by Crippen LogP contribution is 2.23. The number of ketones is 1. The summed E-state index contributed by atoms with van der Waals surface area (Å²) in [6.07, 6.45) is 7.79. The van der Waals surface area contributed by atoms with Gasteiger partial charge in [0.1, 0.15) is 5.75 Å². The molecule has 0 radical (unpaired) electrons. The first-order valence-corrected chi connectivity index (χ1v) is 7.72. The van der Waals surface area contributed by atoms with E-state index in [0.29, 0.717) is 6.42 Å². The molecule has 0 atom stereocenters. The smallest absolute Gasteiger partial charge is 0.163 e. The molecule has 2 heteroatoms. The molecule has 0 saturated heterocycles. The van der Waals surface area contributed by atoms with E-state index in [1.54, 1.807) is 7.11 Å². The van der Waals surface area contributed by atoms with Crippen LogP contribution in [0.2, 0.25) is 0 Å². The summed E-state index contributed by atoms with van der Waals surface area (Å²) in [6, 6.07) is 14.4. The zero-order valence-corrected chi connectivity index (χ0v) is 12.8. The molecule has 0 spiro atoms. The average molecular weight is 292 g/mol. The van der Waals surface area contributed by atoms with Crippen LogP contribution in [0.15, 0.2) is 48.5 Å². The summed E-state index contributed by atoms with van der Waals surface area (Å²) >= 11 is 0. The van der Waals surface area contributed by atoms with Crippen LogP contribution in [0.5, 0.6) is 5.75 Å². The molecular formula is C20H20O2. The fourth-order valence-electron chi connectivity index (χ4n) is 2.86. The minimum Gasteiger partial charge on any atom is -0.497 e. The number of fused-ring (bicyclic) bond motifs is 1. The standard InChI is InChI=1S/C20H20O2/c1-22-18-8-4-7-15(13-18)5-2-3-6-16-9-10-17-11-12-20(21)19(17)14-16/h3-4,6-10,13-14H,2,5,11-12H2,1H3/b6-3+. The molecule has 112 valence electrons. The molecule has 0 bridgehead atoms. The van der Waals surface area contributed by atoms with Crippen molar-refractivity contribution in [1.82, 2.24) is 0 Å². The Morgan fingerprint density at radius 2 is 2.05 bits per heavy atom. The molecule has 1 aliphatic rings. The molecule has 1 aliphatic carbocycles. The lowest BCUT2D eigenvalue weighted by atomic mass is 10.0. The Kier molecular flexibility index (Phi) is 4.38. The Labute approximate surface area is 131 Å². The molecule has 0 aliphatic heterocycles. The summed E-state index contributed by atoms with van der Waals surface area (Å²) in [4.78, 5) is 11.8. The molecule has 2 aromatic rings. The number of hydrogen-bond acceptors (Lipinski definition) is 2. The fourth-order valence-corrected chi connectivity index (χ4v) is 2.86. The second-order valence-corrected chi connectivity index (χ2v) is 5.63. The Balaban J connectivity index is 1.60. The summed E-state index contributed by atoms with van der Waals surface area (Å²) in [6.45, 7) is 0. The number of Topliss-reactive ketones (excluding diaryl/α,β-unsaturated/α-hetero) is 1. The molecule has 0 saturated carbocycles. The van der Waals surface area contributed by atoms with Gasteiger partial charge >= 0.3 is 0 Å². The SMILES string of the molecule is COc1cccc(CC/C=C/c2ccc3c(c2)C(=O)CC3)c1. The van der Waals surface area contributed by atoms with Crippen molar-refractivity contribution >= 4 is 11.9 Å². The maximum Gasteiger partial charge on any atom is 0.163 e. The molecule has 0 fully saturated rings. The van der Waals surface area contributed by atoms with Crippen LogP contribution in [0, 0.1) is 0 Å². The average Bonchev–Trinajstić information content (AvgIpc) is 2.93. The van der Waals surface area contributed by atoms with Crippen molar-refractivity contribution in [2.45, 2.75) is 25.7 Å². The van der Waals surface area contributed by atoms with Gasteiger partial charge in [0.25, 0.3) is 0 Å². The predicted octanol–water partition coefficient (Wildman–Crippen LogP) is 4.47. The third-order valence-electron chi connectivity index (χ3n) is 4.10. The van der Waals surface area contributed by atoms with E-state index in [-0.39, 0.29) is 5.78 Å². The van der Waals surface area contributed by atoms with Crippen molar-refractivity contribution in [3.63, 3.8) is 0 Å². The van der Waals surface area contributed by atoms with Gasteiger partial charge in [0.15, 0.2) is 5.78 Å². The monoisotopic (exact) mass is 292 g/mol. The van der Waals surface area contributed by atoms with Gasteiger partial charge < -0.3 is 4.74 Å². The normalized spacial score (nSPS) is 13.6. The number of rotatable bonds is 5. The van der Waals surface area contributed by atoms with E-state index in [4.69, 9.17) is 4.74 Å². The molecule has 2 nitrogen and oxygen atoms in total. The molecule has 0 heterocycles. The summed E-state index contributed by atoms with van der Waals surface area (Å²) in [5, 5.41) is 0. The summed E-state index contributed by atoms with van der Waals surface area (Å²) in [7, 11) is 1.69. The van der Waals surface area contributed by atoms with Gasteiger partial charge in [-0.25, -0.2) is 0 Å². The van der Waals surface area contributed by atoms with E-state index < -0.39 is 0 Å². The van der Waals surface area contributed by atoms with Crippen LogP contribution >= 0.6 is 0 Å². The number of hydrogen-bond donors (Lipinski definition) is 0. The third-order valence-corrected chi connectivity index (χ3v) is 4.10. The van der Waals surface area contributed by atoms with Crippen LogP contribution in [-0.4, -0.2) is 12.9 Å². The van der Waals surface area contributed by atoms with Crippen LogP contribution in [0.25, 0.3) is 6.08 Å². The van der Waals surface area contributed by atoms with Crippen molar-refractivity contribution in [2.75, 3.05) is 7.11 Å². The molecule has 0 aromatic heterocycles. The number of aryl methyl sites for hydroxylation is 2. The number of ether oxygens (including phenoxy) is 1. The van der Waals surface area contributed by atoms with Crippen molar-refractivity contribution in [3.05, 3.63) is 70.8 Å². The largest absolute Gasteiger partial charge is 0.497 e. The minimum absolute atomic E-state index is 0.279. The summed E-state index contributed by atoms with van der Waals surface area (Å²) in [5.74, 6) is 1.18. The van der Waals surface area contributed by atoms with Gasteiger partial charge in [0, 0.05) is 12.0 Å². The number of allylic oxidation sites excluding steroid dienone is 1. The van der Waals surface area contributed by atoms with E-state index in [0.717, 1.165) is 36.1 Å². The number of benzene rings is 2. The van der Waals surface area contributed by atoms with Crippen LogP contribution in [-0.2, 0) is 12.8 Å². The fraction of sp³-hybridized carbons (Fsp3) is 0.250. The van der Waals surface area contributed by atoms with Gasteiger partial charge in [0.2, 0.25) is 0 Å². The van der Waals surface area contributed by atoms with Crippen LogP contribution in [0.3, 0.4) is 0 Å². The molecule has 22 heavy (non-hydrogen) atoms. The van der Waals surface area contributed by atoms with Gasteiger partial charge in [-0.15, -0.1) is 0 Å². The molecule has 0 amide bonds. The Hall–Kier alpha value is -2.35. The van der Waals surface area contributed by atoms with E-state index in [2.05, 4.69) is 36.4 Å². The van der Waals surface area contributed by atoms with Gasteiger partial charge in [0.05, 0.1) is 7.11 Å². The van der Waals surface area contributed by atoms with Crippen molar-refractivity contribution in [3.8, 4) is 5.75 Å². The number of carbonyl (C=O) groups is 1. The second-order valence-electron chi connectivity index (χ2n) is 5.63. The first-order chi connectivity index (χ1) is 10.8. The van der Waals surface area contributed by atoms with Crippen LogP contribution in [0.1, 0.15) is 39.9 Å². The molecular weight excluding hydrogens is 272 g/mol. The molecule has 0 N–H and O–H groups in total. The van der Waals surface area contributed by atoms with Crippen LogP contribution in [0.4, 0.5) is 0 Å². The Morgan fingerprint density at radius 3 is 2.91 bits per heavy atom. The lowest BCUT2D eigenvalue weighted by Gasteiger charge is -2.03. The molecule has 0 unspecified atom stereocenters. The highest BCUT2D eigenvalue weighted by atomic mass is 16.5. The van der Waals surface area contributed by atoms with E-state index >= 15 is 0 Å². The maximum atomic E-state index is 11.8. The zero-order chi connectivity index (χ0) is 15.4. The van der Waals surface area contributed by atoms with Crippen molar-refractivity contribution in [2.24, 2.45) is 0 Å². The lowest BCUT2D eigenvalue weighted by Crippen LogP contribution is -1.91. The van der Waals surface area contributed by atoms with E-state index in [1.807, 2.05) is 18.2 Å². The highest BCUT2D eigenvalue weighted by molar-refractivity contribution is 6.00. The lowest BCUT2D eigenvalue weighted by molar-refractivity contribution is 0.0994. The third kappa shape index (κ3) is 3.28. The minimum atomic E-state index is 0.279. The summed E-state index contributed by atoms with van der Waals surface area (Å²) < 4.78 is 5.23. The first-order valence-electron chi connectivity index (χ1n) is 7.72. The van der Waals surface area contributed by atoms with Crippen LogP contribution < -0.4 is 4.74 Å². The summed E-state index contributed by atoms with van der Waals surface area (Å²) in [5.41, 5.74) is 4.49. The predicted molar refractivity (Wildman–Crippen MR) is 89.4 cm³/mol. The Morgan fingerprint density at radius 1 is 1.14 bits per heavy atom. The second kappa shape index (κ2) is 6.61. The quantitative estimate of drug-likeness (QED) is 0.812. The van der Waals surface area contributed by atoms with Gasteiger partial charge in [-0.3, -0.25) is 4.79 Å². The molecule has 2 aromatic carbocycles. The number of carbonyl (C=O) groups excluding carboxylic acids is 1. The van der Waals surface area contributed by atoms with Gasteiger partial charge in [-0.1, -0.05) is 36.4 Å². The van der Waals surface area contributed by atoms with Crippen molar-refractivity contribution < 1.29 is 9.53 Å². The van der Waals surface area contributed by atoms with Gasteiger partial charge in [-0.2, -0.15) is 0 Å². The maximum absolute atomic E-state index is 11.8.